The number of hydrogen-bond donors (Lipinski definition) is 1. The average Bonchev–Trinajstić information content (AvgIpc) is 2.52. The lowest BCUT2D eigenvalue weighted by molar-refractivity contribution is -0.141. The molecule has 1 aromatic carbocycles. The fraction of sp³-hybridized carbons (Fsp3) is 0.312. The Hall–Kier alpha value is -2.71. The number of nitrogens with zero attached hydrogens (tertiary/aromatic N) is 1. The quantitative estimate of drug-likeness (QED) is 0.665. The maximum Gasteiger partial charge on any atom is 0.433 e. The third-order valence-electron chi connectivity index (χ3n) is 3.82. The summed E-state index contributed by atoms with van der Waals surface area (Å²) >= 11 is 0. The van der Waals surface area contributed by atoms with E-state index in [0.29, 0.717) is 0 Å². The molecule has 0 saturated heterocycles. The van der Waals surface area contributed by atoms with E-state index in [2.05, 4.69) is 9.73 Å². The summed E-state index contributed by atoms with van der Waals surface area (Å²) in [4.78, 5) is 26.9. The third-order valence-corrected chi connectivity index (χ3v) is 3.82. The minimum atomic E-state index is -5.04. The fourth-order valence-corrected chi connectivity index (χ4v) is 2.79. The number of carbonyl (C=O) groups excluding carboxylic acids is 1. The van der Waals surface area contributed by atoms with Crippen molar-refractivity contribution in [1.82, 2.24) is 0 Å². The monoisotopic (exact) mass is 359 g/mol. The number of hydrogen-bond acceptors (Lipinski definition) is 4. The van der Waals surface area contributed by atoms with E-state index < -0.39 is 47.0 Å². The van der Waals surface area contributed by atoms with Gasteiger partial charge in [-0.3, -0.25) is 9.79 Å². The van der Waals surface area contributed by atoms with Crippen LogP contribution in [0.5, 0.6) is 0 Å². The number of ether oxygens (including phenoxy) is 1. The van der Waals surface area contributed by atoms with Gasteiger partial charge in [-0.05, 0) is 18.6 Å². The Balaban J connectivity index is 2.86. The number of allylic oxidation sites excluding steroid dienone is 1. The van der Waals surface area contributed by atoms with Crippen molar-refractivity contribution in [2.24, 2.45) is 10.9 Å². The molecule has 1 aliphatic heterocycles. The number of methoxy groups -OCH3 is 1. The van der Waals surface area contributed by atoms with E-state index in [9.17, 15) is 32.3 Å². The summed E-state index contributed by atoms with van der Waals surface area (Å²) in [6.45, 7) is 1.09. The van der Waals surface area contributed by atoms with Gasteiger partial charge in [-0.2, -0.15) is 13.2 Å². The van der Waals surface area contributed by atoms with Gasteiger partial charge < -0.3 is 9.84 Å². The van der Waals surface area contributed by atoms with E-state index in [1.807, 2.05) is 0 Å². The lowest BCUT2D eigenvalue weighted by atomic mass is 9.75. The third kappa shape index (κ3) is 3.40. The van der Waals surface area contributed by atoms with Crippen LogP contribution >= 0.6 is 0 Å². The van der Waals surface area contributed by atoms with Gasteiger partial charge in [-0.25, -0.2) is 9.18 Å². The van der Waals surface area contributed by atoms with Crippen molar-refractivity contribution in [2.45, 2.75) is 19.0 Å². The van der Waals surface area contributed by atoms with E-state index in [1.54, 1.807) is 0 Å². The molecule has 5 nitrogen and oxygen atoms in total. The molecule has 0 fully saturated rings. The molecule has 1 N–H and O–H groups in total. The number of aliphatic imine (C=N–C) groups is 1. The number of benzene rings is 1. The highest BCUT2D eigenvalue weighted by Crippen LogP contribution is 2.44. The molecule has 2 rings (SSSR count). The molecule has 2 atom stereocenters. The molecule has 0 aromatic heterocycles. The smallest absolute Gasteiger partial charge is 0.433 e. The molecule has 0 aliphatic carbocycles. The highest BCUT2D eigenvalue weighted by atomic mass is 19.4. The SMILES string of the molecule is COC(=O)C1=C(C(F)(F)F)N=C(C)C(C(=O)O)C1c1ccccc1F. The standard InChI is InChI=1S/C16H13F4NO4/c1-7-10(14(22)23)11(8-5-3-4-6-9(8)17)12(15(24)25-2)13(21-7)16(18,19)20/h3-6,10-11H,1-2H3,(H,22,23). The van der Waals surface area contributed by atoms with E-state index in [1.165, 1.54) is 12.1 Å². The van der Waals surface area contributed by atoms with Crippen molar-refractivity contribution in [1.29, 1.82) is 0 Å². The van der Waals surface area contributed by atoms with E-state index >= 15 is 0 Å². The summed E-state index contributed by atoms with van der Waals surface area (Å²) in [7, 11) is 0.850. The highest BCUT2D eigenvalue weighted by molar-refractivity contribution is 6.06. The predicted octanol–water partition coefficient (Wildman–Crippen LogP) is 3.07. The first-order valence-corrected chi connectivity index (χ1v) is 7.01. The average molecular weight is 359 g/mol. The first-order valence-electron chi connectivity index (χ1n) is 7.01. The van der Waals surface area contributed by atoms with Crippen LogP contribution in [0.2, 0.25) is 0 Å². The summed E-state index contributed by atoms with van der Waals surface area (Å²) in [5, 5.41) is 9.43. The maximum atomic E-state index is 14.2. The fourth-order valence-electron chi connectivity index (χ4n) is 2.79. The number of aliphatic carboxylic acids is 1. The van der Waals surface area contributed by atoms with Gasteiger partial charge in [0.05, 0.1) is 12.7 Å². The normalized spacial score (nSPS) is 21.0. The van der Waals surface area contributed by atoms with Crippen LogP contribution in [0.25, 0.3) is 0 Å². The number of halogens is 4. The summed E-state index contributed by atoms with van der Waals surface area (Å²) < 4.78 is 58.7. The van der Waals surface area contributed by atoms with Crippen LogP contribution in [0.15, 0.2) is 40.5 Å². The number of esters is 1. The summed E-state index contributed by atoms with van der Waals surface area (Å²) in [5.74, 6) is -7.24. The number of carboxylic acids is 1. The van der Waals surface area contributed by atoms with Crippen LogP contribution < -0.4 is 0 Å². The molecule has 0 amide bonds. The van der Waals surface area contributed by atoms with E-state index in [4.69, 9.17) is 0 Å². The zero-order valence-corrected chi connectivity index (χ0v) is 13.1. The Morgan fingerprint density at radius 1 is 1.24 bits per heavy atom. The molecule has 0 spiro atoms. The van der Waals surface area contributed by atoms with E-state index in [-0.39, 0.29) is 11.3 Å². The molecule has 25 heavy (non-hydrogen) atoms. The molecule has 1 aromatic rings. The topological polar surface area (TPSA) is 76.0 Å². The van der Waals surface area contributed by atoms with Crippen molar-refractivity contribution < 1.29 is 37.0 Å². The Labute approximate surface area is 139 Å². The molecule has 1 heterocycles. The Morgan fingerprint density at radius 3 is 2.32 bits per heavy atom. The van der Waals surface area contributed by atoms with Crippen LogP contribution in [0.3, 0.4) is 0 Å². The van der Waals surface area contributed by atoms with Gasteiger partial charge in [0.25, 0.3) is 0 Å². The van der Waals surface area contributed by atoms with Crippen molar-refractivity contribution in [2.75, 3.05) is 7.11 Å². The molecule has 0 bridgehead atoms. The highest BCUT2D eigenvalue weighted by Gasteiger charge is 2.49. The number of carbonyl (C=O) groups is 2. The van der Waals surface area contributed by atoms with Crippen molar-refractivity contribution in [3.63, 3.8) is 0 Å². The second kappa shape index (κ2) is 6.66. The molecular formula is C16H13F4NO4. The van der Waals surface area contributed by atoms with Gasteiger partial charge in [0.1, 0.15) is 11.7 Å². The molecular weight excluding hydrogens is 346 g/mol. The summed E-state index contributed by atoms with van der Waals surface area (Å²) in [6, 6.07) is 4.73. The first-order chi connectivity index (χ1) is 11.6. The van der Waals surface area contributed by atoms with Gasteiger partial charge in [0.15, 0.2) is 5.70 Å². The minimum Gasteiger partial charge on any atom is -0.481 e. The van der Waals surface area contributed by atoms with Gasteiger partial charge in [-0.15, -0.1) is 0 Å². The maximum absolute atomic E-state index is 14.2. The summed E-state index contributed by atoms with van der Waals surface area (Å²) in [5.41, 5.74) is -3.35. The predicted molar refractivity (Wildman–Crippen MR) is 78.5 cm³/mol. The second-order valence-corrected chi connectivity index (χ2v) is 5.32. The Bertz CT molecular complexity index is 783. The number of carboxylic acid groups (broad SMARTS) is 1. The Kier molecular flexibility index (Phi) is 4.96. The molecule has 1 aliphatic rings. The molecule has 0 radical (unpaired) electrons. The zero-order valence-electron chi connectivity index (χ0n) is 13.1. The van der Waals surface area contributed by atoms with Crippen molar-refractivity contribution in [3.8, 4) is 0 Å². The minimum absolute atomic E-state index is 0.355. The lowest BCUT2D eigenvalue weighted by Gasteiger charge is -2.31. The molecule has 0 saturated carbocycles. The van der Waals surface area contributed by atoms with Crippen LogP contribution in [0.4, 0.5) is 17.6 Å². The largest absolute Gasteiger partial charge is 0.481 e. The molecule has 9 heteroatoms. The van der Waals surface area contributed by atoms with Gasteiger partial charge in [0.2, 0.25) is 0 Å². The molecule has 134 valence electrons. The van der Waals surface area contributed by atoms with Crippen LogP contribution in [0.1, 0.15) is 18.4 Å². The zero-order chi connectivity index (χ0) is 18.9. The number of rotatable bonds is 3. The van der Waals surface area contributed by atoms with E-state index in [0.717, 1.165) is 26.2 Å². The number of alkyl halides is 3. The molecule has 2 unspecified atom stereocenters. The van der Waals surface area contributed by atoms with Crippen LogP contribution in [-0.2, 0) is 14.3 Å². The second-order valence-electron chi connectivity index (χ2n) is 5.32. The van der Waals surface area contributed by atoms with Crippen LogP contribution in [0, 0.1) is 11.7 Å². The van der Waals surface area contributed by atoms with Crippen molar-refractivity contribution >= 4 is 17.7 Å². The first kappa shape index (κ1) is 18.6. The van der Waals surface area contributed by atoms with Crippen molar-refractivity contribution in [3.05, 3.63) is 46.9 Å². The van der Waals surface area contributed by atoms with Gasteiger partial charge in [-0.1, -0.05) is 18.2 Å². The van der Waals surface area contributed by atoms with Gasteiger partial charge >= 0.3 is 18.1 Å². The lowest BCUT2D eigenvalue weighted by Crippen LogP contribution is -2.38. The summed E-state index contributed by atoms with van der Waals surface area (Å²) in [6.07, 6.45) is -5.04. The Morgan fingerprint density at radius 2 is 1.84 bits per heavy atom. The van der Waals surface area contributed by atoms with Crippen LogP contribution in [-0.4, -0.2) is 36.0 Å². The van der Waals surface area contributed by atoms with Gasteiger partial charge in [0, 0.05) is 11.6 Å².